The van der Waals surface area contributed by atoms with Crippen molar-refractivity contribution in [2.24, 2.45) is 0 Å². The van der Waals surface area contributed by atoms with Crippen molar-refractivity contribution in [1.29, 1.82) is 0 Å². The summed E-state index contributed by atoms with van der Waals surface area (Å²) in [5, 5.41) is 3.29. The van der Waals surface area contributed by atoms with E-state index in [1.807, 2.05) is 6.92 Å². The van der Waals surface area contributed by atoms with E-state index in [-0.39, 0.29) is 15.5 Å². The van der Waals surface area contributed by atoms with Gasteiger partial charge >= 0.3 is 0 Å². The number of benzene rings is 1. The molecule has 3 rings (SSSR count). The molecule has 0 atom stereocenters. The number of rotatable bonds is 5. The molecule has 146 valence electrons. The van der Waals surface area contributed by atoms with Gasteiger partial charge in [0, 0.05) is 37.3 Å². The molecule has 1 saturated heterocycles. The number of aromatic nitrogens is 1. The first-order valence-electron chi connectivity index (χ1n) is 8.57. The highest BCUT2D eigenvalue weighted by atomic mass is 35.5. The lowest BCUT2D eigenvalue weighted by Crippen LogP contribution is -2.48. The van der Waals surface area contributed by atoms with Crippen molar-refractivity contribution in [2.45, 2.75) is 18.7 Å². The summed E-state index contributed by atoms with van der Waals surface area (Å²) in [5.41, 5.74) is 0.109. The fourth-order valence-electron chi connectivity index (χ4n) is 2.85. The fraction of sp³-hybridized carbons (Fsp3) is 0.412. The molecule has 0 bridgehead atoms. The highest BCUT2D eigenvalue weighted by Gasteiger charge is 2.29. The van der Waals surface area contributed by atoms with Gasteiger partial charge in [-0.25, -0.2) is 13.4 Å². The van der Waals surface area contributed by atoms with Crippen molar-refractivity contribution >= 4 is 44.0 Å². The standard InChI is InChI=1S/C17H21ClN4O3S2/c1-3-21-6-8-22(9-7-21)27(24,25)13-4-5-15(18)14(10-13)16(23)20-17-19-11-12(2)26-17/h4-5,10-11H,3,6-9H2,1-2H3,(H,19,20,23). The molecule has 0 saturated carbocycles. The minimum absolute atomic E-state index is 0.0670. The summed E-state index contributed by atoms with van der Waals surface area (Å²) in [6.07, 6.45) is 1.65. The molecule has 0 unspecified atom stereocenters. The van der Waals surface area contributed by atoms with Crippen LogP contribution in [-0.2, 0) is 10.0 Å². The van der Waals surface area contributed by atoms with Crippen LogP contribution < -0.4 is 5.32 Å². The van der Waals surface area contributed by atoms with Crippen LogP contribution in [-0.4, -0.2) is 61.2 Å². The Morgan fingerprint density at radius 3 is 2.59 bits per heavy atom. The molecule has 0 spiro atoms. The molecule has 7 nitrogen and oxygen atoms in total. The lowest BCUT2D eigenvalue weighted by atomic mass is 10.2. The first-order chi connectivity index (χ1) is 12.8. The van der Waals surface area contributed by atoms with Crippen LogP contribution in [0.3, 0.4) is 0 Å². The van der Waals surface area contributed by atoms with E-state index in [2.05, 4.69) is 22.1 Å². The predicted octanol–water partition coefficient (Wildman–Crippen LogP) is 2.68. The summed E-state index contributed by atoms with van der Waals surface area (Å²) in [5.74, 6) is -0.484. The molecule has 1 aliphatic rings. The maximum absolute atomic E-state index is 13.0. The van der Waals surface area contributed by atoms with Gasteiger partial charge in [-0.3, -0.25) is 10.1 Å². The third-order valence-corrected chi connectivity index (χ3v) is 7.49. The Labute approximate surface area is 168 Å². The lowest BCUT2D eigenvalue weighted by Gasteiger charge is -2.33. The minimum Gasteiger partial charge on any atom is -0.301 e. The lowest BCUT2D eigenvalue weighted by molar-refractivity contribution is 0.102. The largest absolute Gasteiger partial charge is 0.301 e. The molecule has 1 amide bonds. The smallest absolute Gasteiger partial charge is 0.259 e. The fourth-order valence-corrected chi connectivity index (χ4v) is 5.16. The summed E-state index contributed by atoms with van der Waals surface area (Å²) < 4.78 is 27.4. The van der Waals surface area contributed by atoms with Crippen LogP contribution in [0, 0.1) is 6.92 Å². The van der Waals surface area contributed by atoms with Gasteiger partial charge in [0.15, 0.2) is 5.13 Å². The summed E-state index contributed by atoms with van der Waals surface area (Å²) in [4.78, 5) is 19.8. The number of hydrogen-bond acceptors (Lipinski definition) is 6. The van der Waals surface area contributed by atoms with Gasteiger partial charge in [0.25, 0.3) is 5.91 Å². The number of halogens is 1. The molecule has 2 aromatic rings. The van der Waals surface area contributed by atoms with Gasteiger partial charge in [0.2, 0.25) is 10.0 Å². The van der Waals surface area contributed by atoms with E-state index < -0.39 is 15.9 Å². The summed E-state index contributed by atoms with van der Waals surface area (Å²) in [6.45, 7) is 7.08. The molecular formula is C17H21ClN4O3S2. The van der Waals surface area contributed by atoms with Crippen molar-refractivity contribution in [3.63, 3.8) is 0 Å². The van der Waals surface area contributed by atoms with E-state index >= 15 is 0 Å². The van der Waals surface area contributed by atoms with E-state index in [0.29, 0.717) is 31.3 Å². The molecule has 1 aromatic heterocycles. The quantitative estimate of drug-likeness (QED) is 0.791. The molecule has 0 radical (unpaired) electrons. The monoisotopic (exact) mass is 428 g/mol. The molecule has 10 heteroatoms. The number of aryl methyl sites for hydroxylation is 1. The third-order valence-electron chi connectivity index (χ3n) is 4.44. The first-order valence-corrected chi connectivity index (χ1v) is 11.2. The third kappa shape index (κ3) is 4.49. The summed E-state index contributed by atoms with van der Waals surface area (Å²) in [6, 6.07) is 4.21. The van der Waals surface area contributed by atoms with Crippen LogP contribution in [0.2, 0.25) is 5.02 Å². The zero-order chi connectivity index (χ0) is 19.6. The number of likely N-dealkylation sites (N-methyl/N-ethyl adjacent to an activating group) is 1. The molecule has 2 heterocycles. The number of sulfonamides is 1. The van der Waals surface area contributed by atoms with Crippen molar-refractivity contribution in [3.05, 3.63) is 39.9 Å². The number of carbonyl (C=O) groups excluding carboxylic acids is 1. The molecule has 1 N–H and O–H groups in total. The Morgan fingerprint density at radius 2 is 2.00 bits per heavy atom. The van der Waals surface area contributed by atoms with Gasteiger partial charge in [-0.1, -0.05) is 18.5 Å². The number of nitrogens with one attached hydrogen (secondary N) is 1. The van der Waals surface area contributed by atoms with Crippen molar-refractivity contribution in [2.75, 3.05) is 38.0 Å². The van der Waals surface area contributed by atoms with Crippen LogP contribution in [0.4, 0.5) is 5.13 Å². The van der Waals surface area contributed by atoms with Crippen molar-refractivity contribution in [3.8, 4) is 0 Å². The second-order valence-electron chi connectivity index (χ2n) is 6.21. The molecule has 1 aromatic carbocycles. The highest BCUT2D eigenvalue weighted by Crippen LogP contribution is 2.25. The second-order valence-corrected chi connectivity index (χ2v) is 9.79. The Morgan fingerprint density at radius 1 is 1.30 bits per heavy atom. The van der Waals surface area contributed by atoms with Crippen LogP contribution in [0.15, 0.2) is 29.3 Å². The van der Waals surface area contributed by atoms with Gasteiger partial charge in [-0.15, -0.1) is 11.3 Å². The maximum Gasteiger partial charge on any atom is 0.259 e. The number of amides is 1. The maximum atomic E-state index is 13.0. The zero-order valence-corrected chi connectivity index (χ0v) is 17.5. The van der Waals surface area contributed by atoms with Gasteiger partial charge in [-0.2, -0.15) is 4.31 Å². The van der Waals surface area contributed by atoms with E-state index in [1.165, 1.54) is 33.8 Å². The minimum atomic E-state index is -3.68. The first kappa shape index (κ1) is 20.2. The number of carbonyl (C=O) groups is 1. The number of anilines is 1. The summed E-state index contributed by atoms with van der Waals surface area (Å²) >= 11 is 7.48. The number of piperazine rings is 1. The molecule has 0 aliphatic carbocycles. The van der Waals surface area contributed by atoms with Crippen LogP contribution in [0.5, 0.6) is 0 Å². The van der Waals surface area contributed by atoms with Crippen molar-refractivity contribution in [1.82, 2.24) is 14.2 Å². The van der Waals surface area contributed by atoms with Gasteiger partial charge in [0.05, 0.1) is 15.5 Å². The Balaban J connectivity index is 1.83. The van der Waals surface area contributed by atoms with E-state index in [0.717, 1.165) is 11.4 Å². The van der Waals surface area contributed by atoms with Crippen molar-refractivity contribution < 1.29 is 13.2 Å². The zero-order valence-electron chi connectivity index (χ0n) is 15.1. The number of thiazole rings is 1. The van der Waals surface area contributed by atoms with E-state index in [4.69, 9.17) is 11.6 Å². The van der Waals surface area contributed by atoms with Gasteiger partial charge in [-0.05, 0) is 31.7 Å². The molecule has 1 aliphatic heterocycles. The molecule has 27 heavy (non-hydrogen) atoms. The van der Waals surface area contributed by atoms with Gasteiger partial charge in [0.1, 0.15) is 0 Å². The van der Waals surface area contributed by atoms with Crippen LogP contribution >= 0.6 is 22.9 Å². The Hall–Kier alpha value is -1.52. The summed E-state index contributed by atoms with van der Waals surface area (Å²) in [7, 11) is -3.68. The topological polar surface area (TPSA) is 82.6 Å². The predicted molar refractivity (Wildman–Crippen MR) is 107 cm³/mol. The SMILES string of the molecule is CCN1CCN(S(=O)(=O)c2ccc(Cl)c(C(=O)Nc3ncc(C)s3)c2)CC1. The average molecular weight is 429 g/mol. The van der Waals surface area contributed by atoms with Gasteiger partial charge < -0.3 is 4.90 Å². The molecular weight excluding hydrogens is 408 g/mol. The van der Waals surface area contributed by atoms with Crippen LogP contribution in [0.1, 0.15) is 22.2 Å². The number of hydrogen-bond donors (Lipinski definition) is 1. The highest BCUT2D eigenvalue weighted by molar-refractivity contribution is 7.89. The normalized spacial score (nSPS) is 16.4. The van der Waals surface area contributed by atoms with Crippen LogP contribution in [0.25, 0.3) is 0 Å². The Kier molecular flexibility index (Phi) is 6.17. The van der Waals surface area contributed by atoms with E-state index in [1.54, 1.807) is 6.20 Å². The number of nitrogens with zero attached hydrogens (tertiary/aromatic N) is 3. The second kappa shape index (κ2) is 8.24. The Bertz CT molecular complexity index is 937. The molecule has 1 fully saturated rings. The van der Waals surface area contributed by atoms with E-state index in [9.17, 15) is 13.2 Å². The average Bonchev–Trinajstić information content (AvgIpc) is 3.06.